The molecule has 0 bridgehead atoms. The van der Waals surface area contributed by atoms with E-state index >= 15 is 0 Å². The van der Waals surface area contributed by atoms with E-state index in [1.807, 2.05) is 0 Å². The fourth-order valence-electron chi connectivity index (χ4n) is 1.39. The molecule has 1 aromatic rings. The van der Waals surface area contributed by atoms with Crippen molar-refractivity contribution < 1.29 is 14.3 Å². The molecule has 1 rings (SSSR count). The third-order valence-corrected chi connectivity index (χ3v) is 2.57. The summed E-state index contributed by atoms with van der Waals surface area (Å²) in [4.78, 5) is 11.6. The Labute approximate surface area is 117 Å². The number of benzene rings is 1. The molecule has 0 aliphatic heterocycles. The van der Waals surface area contributed by atoms with E-state index in [1.165, 1.54) is 14.2 Å². The van der Waals surface area contributed by atoms with Gasteiger partial charge in [-0.05, 0) is 0 Å². The molecule has 6 heteroatoms. The van der Waals surface area contributed by atoms with Gasteiger partial charge >= 0.3 is 0 Å². The van der Waals surface area contributed by atoms with Crippen LogP contribution in [-0.4, -0.2) is 33.2 Å². The number of carbonyl (C=O) groups excluding carboxylic acids is 1. The Balaban J connectivity index is 2.78. The van der Waals surface area contributed by atoms with Gasteiger partial charge < -0.3 is 14.8 Å². The maximum atomic E-state index is 11.6. The Morgan fingerprint density at radius 2 is 2.00 bits per heavy atom. The Bertz CT molecular complexity index is 497. The van der Waals surface area contributed by atoms with Crippen LogP contribution < -0.4 is 20.1 Å². The van der Waals surface area contributed by atoms with Crippen LogP contribution in [0.3, 0.4) is 0 Å². The van der Waals surface area contributed by atoms with Gasteiger partial charge in [-0.2, -0.15) is 0 Å². The minimum absolute atomic E-state index is 0.106. The maximum absolute atomic E-state index is 11.6. The number of terminal acetylenes is 1. The van der Waals surface area contributed by atoms with Crippen LogP contribution in [0.4, 0.5) is 5.69 Å². The van der Waals surface area contributed by atoms with Crippen molar-refractivity contribution in [3.8, 4) is 23.8 Å². The van der Waals surface area contributed by atoms with E-state index in [4.69, 9.17) is 27.5 Å². The lowest BCUT2D eigenvalue weighted by Crippen LogP contribution is -2.28. The molecular weight excluding hydrogens is 268 g/mol. The summed E-state index contributed by atoms with van der Waals surface area (Å²) in [6.45, 7) is 0.432. The molecule has 102 valence electrons. The molecule has 1 aromatic carbocycles. The quantitative estimate of drug-likeness (QED) is 0.613. The monoisotopic (exact) mass is 282 g/mol. The molecule has 0 fully saturated rings. The number of halogens is 1. The largest absolute Gasteiger partial charge is 0.493 e. The first-order valence-electron chi connectivity index (χ1n) is 5.48. The Hall–Kier alpha value is -1.90. The molecular formula is C13H15ClN2O3. The molecule has 19 heavy (non-hydrogen) atoms. The van der Waals surface area contributed by atoms with Crippen molar-refractivity contribution in [3.05, 3.63) is 17.2 Å². The highest BCUT2D eigenvalue weighted by atomic mass is 35.5. The number of amides is 1. The van der Waals surface area contributed by atoms with Crippen molar-refractivity contribution in [2.24, 2.45) is 0 Å². The van der Waals surface area contributed by atoms with Gasteiger partial charge in [-0.1, -0.05) is 17.5 Å². The van der Waals surface area contributed by atoms with Gasteiger partial charge in [0.1, 0.15) is 0 Å². The van der Waals surface area contributed by atoms with E-state index < -0.39 is 0 Å². The van der Waals surface area contributed by atoms with Crippen LogP contribution in [0, 0.1) is 12.3 Å². The SMILES string of the molecule is C#CCNCC(=O)Nc1cc(OC)c(OC)cc1Cl. The molecule has 0 aliphatic rings. The molecule has 0 saturated carbocycles. The van der Waals surface area contributed by atoms with E-state index in [0.717, 1.165) is 0 Å². The van der Waals surface area contributed by atoms with Gasteiger partial charge in [0.2, 0.25) is 5.91 Å². The predicted molar refractivity (Wildman–Crippen MR) is 74.9 cm³/mol. The van der Waals surface area contributed by atoms with E-state index in [1.54, 1.807) is 12.1 Å². The first-order valence-corrected chi connectivity index (χ1v) is 5.85. The van der Waals surface area contributed by atoms with Crippen molar-refractivity contribution in [1.82, 2.24) is 5.32 Å². The summed E-state index contributed by atoms with van der Waals surface area (Å²) in [6.07, 6.45) is 5.07. The van der Waals surface area contributed by atoms with Crippen molar-refractivity contribution in [1.29, 1.82) is 0 Å². The third kappa shape index (κ3) is 4.36. The van der Waals surface area contributed by atoms with Gasteiger partial charge in [-0.25, -0.2) is 0 Å². The Morgan fingerprint density at radius 3 is 2.58 bits per heavy atom. The van der Waals surface area contributed by atoms with Crippen LogP contribution in [0.25, 0.3) is 0 Å². The maximum Gasteiger partial charge on any atom is 0.238 e. The highest BCUT2D eigenvalue weighted by Crippen LogP contribution is 2.35. The highest BCUT2D eigenvalue weighted by Gasteiger charge is 2.11. The first-order chi connectivity index (χ1) is 9.12. The number of rotatable bonds is 6. The normalized spacial score (nSPS) is 9.58. The number of hydrogen-bond donors (Lipinski definition) is 2. The second-order valence-corrected chi connectivity index (χ2v) is 3.95. The molecule has 0 heterocycles. The number of ether oxygens (including phenoxy) is 2. The Morgan fingerprint density at radius 1 is 1.37 bits per heavy atom. The molecule has 0 spiro atoms. The van der Waals surface area contributed by atoms with Crippen molar-refractivity contribution >= 4 is 23.2 Å². The van der Waals surface area contributed by atoms with Gasteiger partial charge in [0.05, 0.1) is 38.0 Å². The molecule has 0 aromatic heterocycles. The summed E-state index contributed by atoms with van der Waals surface area (Å²) in [6, 6.07) is 3.17. The smallest absolute Gasteiger partial charge is 0.238 e. The topological polar surface area (TPSA) is 59.6 Å². The number of methoxy groups -OCH3 is 2. The first kappa shape index (κ1) is 15.2. The zero-order chi connectivity index (χ0) is 14.3. The molecule has 5 nitrogen and oxygen atoms in total. The predicted octanol–water partition coefficient (Wildman–Crippen LogP) is 1.52. The van der Waals surface area contributed by atoms with E-state index in [0.29, 0.717) is 28.8 Å². The fraction of sp³-hybridized carbons (Fsp3) is 0.308. The van der Waals surface area contributed by atoms with E-state index in [-0.39, 0.29) is 12.5 Å². The zero-order valence-electron chi connectivity index (χ0n) is 10.7. The van der Waals surface area contributed by atoms with Gasteiger partial charge in [0.25, 0.3) is 0 Å². The standard InChI is InChI=1S/C13H15ClN2O3/c1-4-5-15-8-13(17)16-10-7-12(19-3)11(18-2)6-9(10)14/h1,6-7,15H,5,8H2,2-3H3,(H,16,17). The van der Waals surface area contributed by atoms with Crippen LogP contribution in [0.1, 0.15) is 0 Å². The second-order valence-electron chi connectivity index (χ2n) is 3.54. The molecule has 1 amide bonds. The van der Waals surface area contributed by atoms with Gasteiger partial charge in [-0.3, -0.25) is 10.1 Å². The van der Waals surface area contributed by atoms with Gasteiger partial charge in [-0.15, -0.1) is 6.42 Å². The summed E-state index contributed by atoms with van der Waals surface area (Å²) in [5, 5.41) is 5.80. The average Bonchev–Trinajstić information content (AvgIpc) is 2.40. The van der Waals surface area contributed by atoms with Crippen LogP contribution >= 0.6 is 11.6 Å². The highest BCUT2D eigenvalue weighted by molar-refractivity contribution is 6.34. The summed E-state index contributed by atoms with van der Waals surface area (Å²) in [5.41, 5.74) is 0.451. The van der Waals surface area contributed by atoms with Gasteiger partial charge in [0, 0.05) is 12.1 Å². The lowest BCUT2D eigenvalue weighted by Gasteiger charge is -2.12. The third-order valence-electron chi connectivity index (χ3n) is 2.26. The molecule has 0 saturated heterocycles. The van der Waals surface area contributed by atoms with Gasteiger partial charge in [0.15, 0.2) is 11.5 Å². The minimum atomic E-state index is -0.246. The Kier molecular flexibility index (Phi) is 6.00. The molecule has 0 aliphatic carbocycles. The summed E-state index contributed by atoms with van der Waals surface area (Å²) >= 11 is 6.04. The number of nitrogens with one attached hydrogen (secondary N) is 2. The van der Waals surface area contributed by atoms with Crippen molar-refractivity contribution in [3.63, 3.8) is 0 Å². The summed E-state index contributed by atoms with van der Waals surface area (Å²) in [5.74, 6) is 3.11. The van der Waals surface area contributed by atoms with Crippen molar-refractivity contribution in [2.75, 3.05) is 32.6 Å². The molecule has 0 unspecified atom stereocenters. The zero-order valence-corrected chi connectivity index (χ0v) is 11.5. The van der Waals surface area contributed by atoms with E-state index in [2.05, 4.69) is 16.6 Å². The lowest BCUT2D eigenvalue weighted by molar-refractivity contribution is -0.115. The fourth-order valence-corrected chi connectivity index (χ4v) is 1.59. The van der Waals surface area contributed by atoms with Crippen LogP contribution in [0.15, 0.2) is 12.1 Å². The van der Waals surface area contributed by atoms with E-state index in [9.17, 15) is 4.79 Å². The molecule has 0 radical (unpaired) electrons. The number of hydrogen-bond acceptors (Lipinski definition) is 4. The van der Waals surface area contributed by atoms with Crippen LogP contribution in [-0.2, 0) is 4.79 Å². The van der Waals surface area contributed by atoms with Crippen LogP contribution in [0.5, 0.6) is 11.5 Å². The average molecular weight is 283 g/mol. The molecule has 0 atom stereocenters. The summed E-state index contributed by atoms with van der Waals surface area (Å²) < 4.78 is 10.2. The lowest BCUT2D eigenvalue weighted by atomic mass is 10.2. The molecule has 2 N–H and O–H groups in total. The summed E-state index contributed by atoms with van der Waals surface area (Å²) in [7, 11) is 3.02. The van der Waals surface area contributed by atoms with Crippen molar-refractivity contribution in [2.45, 2.75) is 0 Å². The minimum Gasteiger partial charge on any atom is -0.493 e. The van der Waals surface area contributed by atoms with Crippen LogP contribution in [0.2, 0.25) is 5.02 Å². The number of carbonyl (C=O) groups is 1. The number of anilines is 1. The second kappa shape index (κ2) is 7.52.